The lowest BCUT2D eigenvalue weighted by atomic mass is 10.1. The maximum atomic E-state index is 12.5. The average Bonchev–Trinajstić information content (AvgIpc) is 2.60. The zero-order valence-corrected chi connectivity index (χ0v) is 14.0. The number of halogens is 1. The molecule has 6 heteroatoms. The minimum Gasteiger partial charge on any atom is -0.451 e. The van der Waals surface area contributed by atoms with Crippen LogP contribution in [-0.4, -0.2) is 22.8 Å². The van der Waals surface area contributed by atoms with E-state index in [0.29, 0.717) is 21.5 Å². The van der Waals surface area contributed by atoms with Gasteiger partial charge in [0.15, 0.2) is 6.10 Å². The highest BCUT2D eigenvalue weighted by molar-refractivity contribution is 6.31. The highest BCUT2D eigenvalue weighted by Gasteiger charge is 2.22. The Labute approximate surface area is 148 Å². The Morgan fingerprint density at radius 1 is 1.08 bits per heavy atom. The number of ketones is 1. The zero-order chi connectivity index (χ0) is 18.0. The quantitative estimate of drug-likeness (QED) is 0.573. The number of carbonyl (C=O) groups is 2. The van der Waals surface area contributed by atoms with E-state index < -0.39 is 17.6 Å². The molecular weight excluding hydrogens is 342 g/mol. The predicted octanol–water partition coefficient (Wildman–Crippen LogP) is 3.61. The van der Waals surface area contributed by atoms with Gasteiger partial charge in [-0.2, -0.15) is 0 Å². The van der Waals surface area contributed by atoms with Crippen LogP contribution in [0.1, 0.15) is 27.6 Å². The van der Waals surface area contributed by atoms with Gasteiger partial charge < -0.3 is 9.72 Å². The largest absolute Gasteiger partial charge is 0.451 e. The van der Waals surface area contributed by atoms with Gasteiger partial charge in [0.1, 0.15) is 0 Å². The van der Waals surface area contributed by atoms with Crippen molar-refractivity contribution in [2.24, 2.45) is 0 Å². The summed E-state index contributed by atoms with van der Waals surface area (Å²) in [6, 6.07) is 14.5. The van der Waals surface area contributed by atoms with Crippen LogP contribution in [-0.2, 0) is 4.74 Å². The van der Waals surface area contributed by atoms with Crippen molar-refractivity contribution in [2.45, 2.75) is 13.0 Å². The molecule has 0 amide bonds. The third-order valence-electron chi connectivity index (χ3n) is 3.73. The molecule has 25 heavy (non-hydrogen) atoms. The summed E-state index contributed by atoms with van der Waals surface area (Å²) in [7, 11) is 0. The van der Waals surface area contributed by atoms with Crippen molar-refractivity contribution < 1.29 is 14.3 Å². The fourth-order valence-electron chi connectivity index (χ4n) is 2.53. The molecule has 0 saturated carbocycles. The first-order valence-corrected chi connectivity index (χ1v) is 7.96. The summed E-state index contributed by atoms with van der Waals surface area (Å²) in [6.45, 7) is 1.48. The number of aromatic amines is 1. The molecule has 0 spiro atoms. The molecule has 0 aliphatic carbocycles. The number of H-pyrrole nitrogens is 1. The predicted molar refractivity (Wildman–Crippen MR) is 95.2 cm³/mol. The number of pyridine rings is 1. The topological polar surface area (TPSA) is 76.2 Å². The van der Waals surface area contributed by atoms with Crippen LogP contribution in [0, 0.1) is 0 Å². The van der Waals surface area contributed by atoms with Crippen molar-refractivity contribution >= 4 is 34.3 Å². The lowest BCUT2D eigenvalue weighted by Crippen LogP contribution is -2.25. The van der Waals surface area contributed by atoms with Gasteiger partial charge >= 0.3 is 5.97 Å². The molecule has 126 valence electrons. The van der Waals surface area contributed by atoms with E-state index in [1.54, 1.807) is 42.5 Å². The number of benzene rings is 2. The van der Waals surface area contributed by atoms with E-state index in [2.05, 4.69) is 4.98 Å². The number of hydrogen-bond acceptors (Lipinski definition) is 4. The van der Waals surface area contributed by atoms with Crippen LogP contribution >= 0.6 is 11.6 Å². The first kappa shape index (κ1) is 16.9. The lowest BCUT2D eigenvalue weighted by molar-refractivity contribution is 0.0320. The minimum absolute atomic E-state index is 0.116. The summed E-state index contributed by atoms with van der Waals surface area (Å²) >= 11 is 5.88. The van der Waals surface area contributed by atoms with Gasteiger partial charge in [-0.25, -0.2) is 4.79 Å². The Morgan fingerprint density at radius 2 is 1.84 bits per heavy atom. The monoisotopic (exact) mass is 355 g/mol. The molecule has 0 bridgehead atoms. The van der Waals surface area contributed by atoms with Crippen LogP contribution < -0.4 is 5.56 Å². The molecule has 0 radical (unpaired) electrons. The van der Waals surface area contributed by atoms with Crippen LogP contribution in [0.3, 0.4) is 0 Å². The maximum Gasteiger partial charge on any atom is 0.339 e. The minimum atomic E-state index is -1.01. The van der Waals surface area contributed by atoms with Gasteiger partial charge in [-0.15, -0.1) is 0 Å². The number of para-hydroxylation sites is 1. The van der Waals surface area contributed by atoms with E-state index >= 15 is 0 Å². The molecule has 1 atom stereocenters. The molecular formula is C19H14ClNO4. The second kappa shape index (κ2) is 6.91. The van der Waals surface area contributed by atoms with Gasteiger partial charge in [0.25, 0.3) is 0 Å². The Morgan fingerprint density at radius 3 is 2.60 bits per heavy atom. The van der Waals surface area contributed by atoms with Crippen molar-refractivity contribution in [3.63, 3.8) is 0 Å². The van der Waals surface area contributed by atoms with Gasteiger partial charge in [-0.05, 0) is 25.1 Å². The van der Waals surface area contributed by atoms with E-state index in [4.69, 9.17) is 16.3 Å². The summed E-state index contributed by atoms with van der Waals surface area (Å²) in [6.07, 6.45) is -1.01. The number of carbonyl (C=O) groups excluding carboxylic acids is 2. The van der Waals surface area contributed by atoms with Crippen molar-refractivity contribution in [1.29, 1.82) is 0 Å². The van der Waals surface area contributed by atoms with Crippen LogP contribution in [0.25, 0.3) is 10.9 Å². The highest BCUT2D eigenvalue weighted by atomic mass is 35.5. The van der Waals surface area contributed by atoms with Gasteiger partial charge in [0, 0.05) is 27.6 Å². The van der Waals surface area contributed by atoms with Gasteiger partial charge in [0.05, 0.1) is 5.56 Å². The highest BCUT2D eigenvalue weighted by Crippen LogP contribution is 2.18. The first-order chi connectivity index (χ1) is 12.0. The van der Waals surface area contributed by atoms with E-state index in [-0.39, 0.29) is 11.3 Å². The summed E-state index contributed by atoms with van der Waals surface area (Å²) in [4.78, 5) is 39.3. The number of Topliss-reactive ketones (excluding diaryl/α,β-unsaturated/α-hetero) is 1. The molecule has 1 N–H and O–H groups in total. The molecule has 2 aromatic carbocycles. The smallest absolute Gasteiger partial charge is 0.339 e. The Hall–Kier alpha value is -2.92. The molecule has 0 aliphatic rings. The number of nitrogens with one attached hydrogen (secondary N) is 1. The molecule has 0 fully saturated rings. The fourth-order valence-corrected chi connectivity index (χ4v) is 2.72. The van der Waals surface area contributed by atoms with Crippen molar-refractivity contribution in [3.05, 3.63) is 81.1 Å². The Kier molecular flexibility index (Phi) is 4.67. The number of rotatable bonds is 4. The Balaban J connectivity index is 1.87. The third-order valence-corrected chi connectivity index (χ3v) is 3.97. The van der Waals surface area contributed by atoms with Gasteiger partial charge in [-0.3, -0.25) is 9.59 Å². The van der Waals surface area contributed by atoms with Crippen molar-refractivity contribution in [3.8, 4) is 0 Å². The standard InChI is InChI=1S/C19H14ClNO4/c1-11(18(23)12-5-4-6-13(20)9-12)25-19(24)15-10-17(22)21-16-8-3-2-7-14(15)16/h2-11H,1H3,(H,21,22)/t11-/m1/s1. The first-order valence-electron chi connectivity index (χ1n) is 7.58. The molecule has 1 aromatic heterocycles. The SMILES string of the molecule is C[C@@H](OC(=O)c1cc(=O)[nH]c2ccccc12)C(=O)c1cccc(Cl)c1. The molecule has 5 nitrogen and oxygen atoms in total. The molecule has 1 heterocycles. The van der Waals surface area contributed by atoms with E-state index in [1.165, 1.54) is 19.1 Å². The van der Waals surface area contributed by atoms with Crippen LogP contribution in [0.4, 0.5) is 0 Å². The fraction of sp³-hybridized carbons (Fsp3) is 0.105. The van der Waals surface area contributed by atoms with Gasteiger partial charge in [-0.1, -0.05) is 41.9 Å². The molecule has 0 unspecified atom stereocenters. The van der Waals surface area contributed by atoms with Gasteiger partial charge in [0.2, 0.25) is 11.3 Å². The lowest BCUT2D eigenvalue weighted by Gasteiger charge is -2.13. The number of ether oxygens (including phenoxy) is 1. The average molecular weight is 356 g/mol. The summed E-state index contributed by atoms with van der Waals surface area (Å²) < 4.78 is 5.27. The van der Waals surface area contributed by atoms with Crippen LogP contribution in [0.5, 0.6) is 0 Å². The zero-order valence-electron chi connectivity index (χ0n) is 13.3. The van der Waals surface area contributed by atoms with Crippen LogP contribution in [0.2, 0.25) is 5.02 Å². The second-order valence-corrected chi connectivity index (χ2v) is 5.95. The molecule has 3 rings (SSSR count). The number of esters is 1. The normalized spacial score (nSPS) is 11.9. The number of hydrogen-bond donors (Lipinski definition) is 1. The van der Waals surface area contributed by atoms with Crippen LogP contribution in [0.15, 0.2) is 59.4 Å². The van der Waals surface area contributed by atoms with Crippen molar-refractivity contribution in [2.75, 3.05) is 0 Å². The number of fused-ring (bicyclic) bond motifs is 1. The molecule has 0 saturated heterocycles. The van der Waals surface area contributed by atoms with E-state index in [1.807, 2.05) is 0 Å². The second-order valence-electron chi connectivity index (χ2n) is 5.51. The van der Waals surface area contributed by atoms with Crippen molar-refractivity contribution in [1.82, 2.24) is 4.98 Å². The molecule has 3 aromatic rings. The molecule has 0 aliphatic heterocycles. The summed E-state index contributed by atoms with van der Waals surface area (Å²) in [5, 5.41) is 0.972. The summed E-state index contributed by atoms with van der Waals surface area (Å²) in [5.41, 5.74) is 0.573. The summed E-state index contributed by atoms with van der Waals surface area (Å²) in [5.74, 6) is -1.10. The van der Waals surface area contributed by atoms with E-state index in [9.17, 15) is 14.4 Å². The number of aromatic nitrogens is 1. The Bertz CT molecular complexity index is 1030. The maximum absolute atomic E-state index is 12.5. The third kappa shape index (κ3) is 3.61. The van der Waals surface area contributed by atoms with E-state index in [0.717, 1.165) is 0 Å².